The summed E-state index contributed by atoms with van der Waals surface area (Å²) in [5, 5.41) is 11.2. The molecule has 9 heteroatoms. The van der Waals surface area contributed by atoms with Gasteiger partial charge in [0.2, 0.25) is 0 Å². The standard InChI is InChI=1S/C27H30N2O7/c1-34-21-10-8-19(9-11-21)24(30)22-23(18-4-6-20(7-5-18)27(33)35-2)29(26(32)25(22)31)13-3-12-28-14-16-36-17-15-28/h4-11,23,30H,3,12-17H2,1-2H3/t23-/m0/s1. The van der Waals surface area contributed by atoms with Crippen LogP contribution >= 0.6 is 0 Å². The van der Waals surface area contributed by atoms with E-state index in [4.69, 9.17) is 14.2 Å². The summed E-state index contributed by atoms with van der Waals surface area (Å²) in [6, 6.07) is 12.4. The first-order valence-electron chi connectivity index (χ1n) is 11.9. The number of benzene rings is 2. The second-order valence-corrected chi connectivity index (χ2v) is 8.64. The van der Waals surface area contributed by atoms with Crippen molar-refractivity contribution < 1.29 is 33.7 Å². The number of hydrogen-bond donors (Lipinski definition) is 1. The van der Waals surface area contributed by atoms with E-state index >= 15 is 0 Å². The number of nitrogens with zero attached hydrogens (tertiary/aromatic N) is 2. The lowest BCUT2D eigenvalue weighted by Gasteiger charge is -2.29. The van der Waals surface area contributed by atoms with Crippen molar-refractivity contribution in [3.05, 3.63) is 70.8 Å². The maximum Gasteiger partial charge on any atom is 0.337 e. The molecule has 2 aromatic carbocycles. The first kappa shape index (κ1) is 25.4. The number of Topliss-reactive ketones (excluding diaryl/α,β-unsaturated/α-hetero) is 1. The minimum absolute atomic E-state index is 0.0161. The number of amides is 1. The fraction of sp³-hybridized carbons (Fsp3) is 0.370. The largest absolute Gasteiger partial charge is 0.507 e. The number of esters is 1. The van der Waals surface area contributed by atoms with Crippen LogP contribution in [0.1, 0.15) is 33.9 Å². The Labute approximate surface area is 209 Å². The number of morpholine rings is 1. The lowest BCUT2D eigenvalue weighted by Crippen LogP contribution is -2.39. The van der Waals surface area contributed by atoms with E-state index in [9.17, 15) is 19.5 Å². The first-order chi connectivity index (χ1) is 17.4. The first-order valence-corrected chi connectivity index (χ1v) is 11.9. The Morgan fingerprint density at radius 1 is 0.972 bits per heavy atom. The summed E-state index contributed by atoms with van der Waals surface area (Å²) in [4.78, 5) is 42.0. The Balaban J connectivity index is 1.68. The number of hydrogen-bond acceptors (Lipinski definition) is 8. The van der Waals surface area contributed by atoms with E-state index in [0.29, 0.717) is 48.6 Å². The van der Waals surface area contributed by atoms with E-state index in [-0.39, 0.29) is 11.3 Å². The lowest BCUT2D eigenvalue weighted by atomic mass is 9.94. The Morgan fingerprint density at radius 2 is 1.61 bits per heavy atom. The zero-order valence-electron chi connectivity index (χ0n) is 20.4. The quantitative estimate of drug-likeness (QED) is 0.258. The molecule has 2 aliphatic heterocycles. The molecule has 1 atom stereocenters. The van der Waals surface area contributed by atoms with Gasteiger partial charge in [-0.05, 0) is 48.4 Å². The van der Waals surface area contributed by atoms with Gasteiger partial charge in [-0.15, -0.1) is 0 Å². The van der Waals surface area contributed by atoms with Gasteiger partial charge in [-0.2, -0.15) is 0 Å². The van der Waals surface area contributed by atoms with Gasteiger partial charge < -0.3 is 24.2 Å². The van der Waals surface area contributed by atoms with Crippen molar-refractivity contribution in [2.75, 3.05) is 53.6 Å². The van der Waals surface area contributed by atoms with Crippen LogP contribution in [0.5, 0.6) is 5.75 Å². The molecule has 0 saturated carbocycles. The van der Waals surface area contributed by atoms with E-state index in [2.05, 4.69) is 4.90 Å². The Hall–Kier alpha value is -3.69. The van der Waals surface area contributed by atoms with Crippen LogP contribution in [0.15, 0.2) is 54.1 Å². The number of carbonyl (C=O) groups is 3. The summed E-state index contributed by atoms with van der Waals surface area (Å²) in [6.07, 6.45) is 0.659. The third kappa shape index (κ3) is 5.27. The molecule has 2 aliphatic rings. The van der Waals surface area contributed by atoms with Crippen molar-refractivity contribution in [1.82, 2.24) is 9.80 Å². The Morgan fingerprint density at radius 3 is 2.22 bits per heavy atom. The molecule has 4 rings (SSSR count). The van der Waals surface area contributed by atoms with Crippen molar-refractivity contribution in [1.29, 1.82) is 0 Å². The molecule has 0 unspecified atom stereocenters. The molecule has 0 aromatic heterocycles. The van der Waals surface area contributed by atoms with Crippen molar-refractivity contribution in [2.45, 2.75) is 12.5 Å². The average molecular weight is 495 g/mol. The molecule has 1 amide bonds. The van der Waals surface area contributed by atoms with Gasteiger partial charge in [-0.1, -0.05) is 12.1 Å². The minimum Gasteiger partial charge on any atom is -0.507 e. The number of rotatable bonds is 8. The monoisotopic (exact) mass is 494 g/mol. The molecular formula is C27H30N2O7. The lowest BCUT2D eigenvalue weighted by molar-refractivity contribution is -0.140. The fourth-order valence-corrected chi connectivity index (χ4v) is 4.57. The highest BCUT2D eigenvalue weighted by Gasteiger charge is 2.45. The Bertz CT molecular complexity index is 1140. The average Bonchev–Trinajstić information content (AvgIpc) is 3.18. The zero-order valence-corrected chi connectivity index (χ0v) is 20.4. The van der Waals surface area contributed by atoms with E-state index < -0.39 is 23.7 Å². The van der Waals surface area contributed by atoms with Crippen LogP contribution in [0.2, 0.25) is 0 Å². The molecule has 0 aliphatic carbocycles. The molecule has 9 nitrogen and oxygen atoms in total. The number of methoxy groups -OCH3 is 2. The van der Waals surface area contributed by atoms with Crippen LogP contribution in [0.3, 0.4) is 0 Å². The second-order valence-electron chi connectivity index (χ2n) is 8.64. The van der Waals surface area contributed by atoms with Gasteiger partial charge in [0.25, 0.3) is 11.7 Å². The summed E-state index contributed by atoms with van der Waals surface area (Å²) < 4.78 is 15.3. The SMILES string of the molecule is COC(=O)c1ccc([C@H]2C(=C(O)c3ccc(OC)cc3)C(=O)C(=O)N2CCCN2CCOCC2)cc1. The molecule has 2 fully saturated rings. The van der Waals surface area contributed by atoms with Crippen LogP contribution in [0.25, 0.3) is 5.76 Å². The van der Waals surface area contributed by atoms with Gasteiger partial charge in [0, 0.05) is 31.7 Å². The normalized spacial score (nSPS) is 19.9. The van der Waals surface area contributed by atoms with Crippen molar-refractivity contribution in [3.63, 3.8) is 0 Å². The van der Waals surface area contributed by atoms with Gasteiger partial charge in [-0.3, -0.25) is 14.5 Å². The fourth-order valence-electron chi connectivity index (χ4n) is 4.57. The number of aliphatic hydroxyl groups excluding tert-OH is 1. The molecule has 2 aromatic rings. The predicted molar refractivity (Wildman–Crippen MR) is 132 cm³/mol. The third-order valence-corrected chi connectivity index (χ3v) is 6.53. The van der Waals surface area contributed by atoms with Crippen molar-refractivity contribution in [2.24, 2.45) is 0 Å². The maximum absolute atomic E-state index is 13.2. The summed E-state index contributed by atoms with van der Waals surface area (Å²) in [7, 11) is 2.84. The highest BCUT2D eigenvalue weighted by atomic mass is 16.5. The van der Waals surface area contributed by atoms with Crippen LogP contribution in [-0.2, 0) is 19.1 Å². The number of aliphatic hydroxyl groups is 1. The highest BCUT2D eigenvalue weighted by Crippen LogP contribution is 2.39. The van der Waals surface area contributed by atoms with Gasteiger partial charge in [0.05, 0.1) is 44.6 Å². The summed E-state index contributed by atoms with van der Waals surface area (Å²) in [6.45, 7) is 4.12. The number of ketones is 1. The third-order valence-electron chi connectivity index (χ3n) is 6.53. The summed E-state index contributed by atoms with van der Waals surface area (Å²) >= 11 is 0. The summed E-state index contributed by atoms with van der Waals surface area (Å²) in [5.41, 5.74) is 1.38. The highest BCUT2D eigenvalue weighted by molar-refractivity contribution is 6.46. The number of likely N-dealkylation sites (tertiary alicyclic amines) is 1. The van der Waals surface area contributed by atoms with Crippen LogP contribution in [0.4, 0.5) is 0 Å². The smallest absolute Gasteiger partial charge is 0.337 e. The number of ether oxygens (including phenoxy) is 3. The molecule has 0 radical (unpaired) electrons. The predicted octanol–water partition coefficient (Wildman–Crippen LogP) is 2.63. The van der Waals surface area contributed by atoms with Crippen molar-refractivity contribution >= 4 is 23.4 Å². The van der Waals surface area contributed by atoms with Gasteiger partial charge in [0.15, 0.2) is 0 Å². The molecule has 1 N–H and O–H groups in total. The Kier molecular flexibility index (Phi) is 8.02. The molecule has 2 heterocycles. The molecule has 2 saturated heterocycles. The molecule has 36 heavy (non-hydrogen) atoms. The molecular weight excluding hydrogens is 464 g/mol. The van der Waals surface area contributed by atoms with Crippen LogP contribution in [-0.4, -0.2) is 86.2 Å². The van der Waals surface area contributed by atoms with E-state index in [1.165, 1.54) is 19.1 Å². The zero-order chi connectivity index (χ0) is 25.7. The topological polar surface area (TPSA) is 106 Å². The van der Waals surface area contributed by atoms with Gasteiger partial charge in [-0.25, -0.2) is 4.79 Å². The van der Waals surface area contributed by atoms with Gasteiger partial charge in [0.1, 0.15) is 11.5 Å². The van der Waals surface area contributed by atoms with Crippen molar-refractivity contribution in [3.8, 4) is 5.75 Å². The van der Waals surface area contributed by atoms with Crippen LogP contribution in [0, 0.1) is 0 Å². The van der Waals surface area contributed by atoms with Crippen LogP contribution < -0.4 is 4.74 Å². The number of carbonyl (C=O) groups excluding carboxylic acids is 3. The van der Waals surface area contributed by atoms with E-state index in [1.807, 2.05) is 0 Å². The molecule has 0 spiro atoms. The minimum atomic E-state index is -0.788. The van der Waals surface area contributed by atoms with E-state index in [0.717, 1.165) is 19.6 Å². The van der Waals surface area contributed by atoms with Gasteiger partial charge >= 0.3 is 5.97 Å². The molecule has 190 valence electrons. The second kappa shape index (κ2) is 11.4. The molecule has 0 bridgehead atoms. The summed E-state index contributed by atoms with van der Waals surface area (Å²) in [5.74, 6) is -1.54. The maximum atomic E-state index is 13.2. The van der Waals surface area contributed by atoms with E-state index in [1.54, 1.807) is 48.5 Å².